The van der Waals surface area contributed by atoms with Gasteiger partial charge in [-0.05, 0) is 82.3 Å². The SMILES string of the molecule is C[C@@]1(OC(=O)Cc2ccc3ccc4cccc5ccc2c3c45)C[C@H]2CC[C@@H]1C2. The predicted octanol–water partition coefficient (Wildman–Crippen LogP) is 6.25. The summed E-state index contributed by atoms with van der Waals surface area (Å²) >= 11 is 0. The minimum absolute atomic E-state index is 0.0786. The van der Waals surface area contributed by atoms with Crippen molar-refractivity contribution in [3.8, 4) is 0 Å². The van der Waals surface area contributed by atoms with Crippen LogP contribution < -0.4 is 0 Å². The van der Waals surface area contributed by atoms with Gasteiger partial charge < -0.3 is 4.74 Å². The van der Waals surface area contributed by atoms with Crippen molar-refractivity contribution < 1.29 is 9.53 Å². The number of fused-ring (bicyclic) bond motifs is 2. The molecule has 2 heteroatoms. The zero-order valence-electron chi connectivity index (χ0n) is 16.2. The van der Waals surface area contributed by atoms with Crippen molar-refractivity contribution >= 4 is 38.3 Å². The molecule has 2 aliphatic carbocycles. The molecule has 0 radical (unpaired) electrons. The molecule has 0 aliphatic heterocycles. The maximum Gasteiger partial charge on any atom is 0.310 e. The quantitative estimate of drug-likeness (QED) is 0.316. The van der Waals surface area contributed by atoms with Crippen LogP contribution in [0.25, 0.3) is 32.3 Å². The lowest BCUT2D eigenvalue weighted by Crippen LogP contribution is -2.37. The molecular formula is C26H24O2. The van der Waals surface area contributed by atoms with E-state index in [4.69, 9.17) is 4.74 Å². The molecule has 140 valence electrons. The lowest BCUT2D eigenvalue weighted by Gasteiger charge is -2.33. The van der Waals surface area contributed by atoms with Crippen LogP contribution >= 0.6 is 0 Å². The van der Waals surface area contributed by atoms with Crippen molar-refractivity contribution in [2.75, 3.05) is 0 Å². The molecule has 6 rings (SSSR count). The van der Waals surface area contributed by atoms with Gasteiger partial charge in [-0.1, -0.05) is 54.6 Å². The molecule has 0 unspecified atom stereocenters. The van der Waals surface area contributed by atoms with E-state index in [0.717, 1.165) is 17.9 Å². The average Bonchev–Trinajstić information content (AvgIpc) is 3.27. The third-order valence-corrected chi connectivity index (χ3v) is 7.40. The minimum atomic E-state index is -0.246. The Morgan fingerprint density at radius 2 is 1.68 bits per heavy atom. The highest BCUT2D eigenvalue weighted by Gasteiger charge is 2.50. The Hall–Kier alpha value is -2.61. The van der Waals surface area contributed by atoms with Crippen LogP contribution in [0.5, 0.6) is 0 Å². The Bertz CT molecular complexity index is 1210. The van der Waals surface area contributed by atoms with Crippen LogP contribution in [0.15, 0.2) is 54.6 Å². The highest BCUT2D eigenvalue weighted by molar-refractivity contribution is 6.23. The number of benzene rings is 4. The van der Waals surface area contributed by atoms with Gasteiger partial charge in [0.05, 0.1) is 6.42 Å². The van der Waals surface area contributed by atoms with E-state index in [9.17, 15) is 4.79 Å². The van der Waals surface area contributed by atoms with E-state index in [0.29, 0.717) is 12.3 Å². The minimum Gasteiger partial charge on any atom is -0.459 e. The number of hydrogen-bond donors (Lipinski definition) is 0. The number of hydrogen-bond acceptors (Lipinski definition) is 2. The highest BCUT2D eigenvalue weighted by atomic mass is 16.6. The fraction of sp³-hybridized carbons (Fsp3) is 0.346. The number of ether oxygens (including phenoxy) is 1. The Kier molecular flexibility index (Phi) is 3.33. The van der Waals surface area contributed by atoms with Crippen molar-refractivity contribution in [3.05, 3.63) is 60.2 Å². The summed E-state index contributed by atoms with van der Waals surface area (Å²) in [5, 5.41) is 7.49. The van der Waals surface area contributed by atoms with Crippen LogP contribution in [0.4, 0.5) is 0 Å². The standard InChI is InChI=1S/C26H24O2/c1-26(15-16-5-11-21(26)13-16)28-23(27)14-20-9-8-19-7-6-17-3-2-4-18-10-12-22(20)25(19)24(17)18/h2-4,6-10,12,16,21H,5,11,13-15H2,1H3/t16-,21+,26+/m0/s1. The second-order valence-corrected chi connectivity index (χ2v) is 9.12. The summed E-state index contributed by atoms with van der Waals surface area (Å²) in [5.74, 6) is 1.24. The molecule has 0 amide bonds. The molecule has 0 aromatic heterocycles. The number of esters is 1. The van der Waals surface area contributed by atoms with E-state index in [1.807, 2.05) is 0 Å². The van der Waals surface area contributed by atoms with Gasteiger partial charge in [-0.2, -0.15) is 0 Å². The summed E-state index contributed by atoms with van der Waals surface area (Å²) in [7, 11) is 0. The van der Waals surface area contributed by atoms with E-state index in [-0.39, 0.29) is 11.6 Å². The predicted molar refractivity (Wildman–Crippen MR) is 114 cm³/mol. The van der Waals surface area contributed by atoms with Crippen LogP contribution in [-0.2, 0) is 16.0 Å². The van der Waals surface area contributed by atoms with Crippen molar-refractivity contribution in [2.24, 2.45) is 11.8 Å². The van der Waals surface area contributed by atoms with E-state index in [2.05, 4.69) is 61.5 Å². The van der Waals surface area contributed by atoms with Gasteiger partial charge in [-0.3, -0.25) is 4.79 Å². The molecule has 2 fully saturated rings. The number of carbonyl (C=O) groups excluding carboxylic acids is 1. The monoisotopic (exact) mass is 368 g/mol. The van der Waals surface area contributed by atoms with E-state index < -0.39 is 0 Å². The molecule has 4 aromatic carbocycles. The van der Waals surface area contributed by atoms with E-state index in [1.165, 1.54) is 51.6 Å². The number of rotatable bonds is 3. The molecule has 2 saturated carbocycles. The van der Waals surface area contributed by atoms with Crippen LogP contribution in [0.2, 0.25) is 0 Å². The van der Waals surface area contributed by atoms with Crippen molar-refractivity contribution in [1.82, 2.24) is 0 Å². The lowest BCUT2D eigenvalue weighted by atomic mass is 9.85. The zero-order chi connectivity index (χ0) is 18.9. The van der Waals surface area contributed by atoms with Crippen LogP contribution in [0.1, 0.15) is 38.2 Å². The van der Waals surface area contributed by atoms with E-state index >= 15 is 0 Å². The molecule has 28 heavy (non-hydrogen) atoms. The molecule has 0 heterocycles. The Labute approximate surface area is 164 Å². The highest BCUT2D eigenvalue weighted by Crippen LogP contribution is 2.52. The van der Waals surface area contributed by atoms with Crippen LogP contribution in [0, 0.1) is 11.8 Å². The van der Waals surface area contributed by atoms with Gasteiger partial charge in [0.15, 0.2) is 0 Å². The Balaban J connectivity index is 1.39. The fourth-order valence-corrected chi connectivity index (χ4v) is 6.08. The molecule has 0 spiro atoms. The summed E-state index contributed by atoms with van der Waals surface area (Å²) < 4.78 is 6.09. The third-order valence-electron chi connectivity index (χ3n) is 7.40. The molecule has 0 N–H and O–H groups in total. The first-order valence-corrected chi connectivity index (χ1v) is 10.5. The number of carbonyl (C=O) groups is 1. The fourth-order valence-electron chi connectivity index (χ4n) is 6.08. The molecular weight excluding hydrogens is 344 g/mol. The molecule has 4 aromatic rings. The molecule has 2 nitrogen and oxygen atoms in total. The normalized spacial score (nSPS) is 26.6. The summed E-state index contributed by atoms with van der Waals surface area (Å²) in [4.78, 5) is 12.9. The first kappa shape index (κ1) is 16.4. The Morgan fingerprint density at radius 3 is 2.39 bits per heavy atom. The average molecular weight is 368 g/mol. The van der Waals surface area contributed by atoms with Gasteiger partial charge in [-0.25, -0.2) is 0 Å². The van der Waals surface area contributed by atoms with Gasteiger partial charge in [0, 0.05) is 0 Å². The second-order valence-electron chi connectivity index (χ2n) is 9.12. The maximum atomic E-state index is 12.9. The molecule has 0 saturated heterocycles. The van der Waals surface area contributed by atoms with Gasteiger partial charge in [-0.15, -0.1) is 0 Å². The van der Waals surface area contributed by atoms with Gasteiger partial charge in [0.2, 0.25) is 0 Å². The second kappa shape index (κ2) is 5.70. The largest absolute Gasteiger partial charge is 0.459 e. The smallest absolute Gasteiger partial charge is 0.310 e. The maximum absolute atomic E-state index is 12.9. The lowest BCUT2D eigenvalue weighted by molar-refractivity contribution is -0.162. The van der Waals surface area contributed by atoms with Crippen LogP contribution in [0.3, 0.4) is 0 Å². The topological polar surface area (TPSA) is 26.3 Å². The first-order chi connectivity index (χ1) is 13.6. The summed E-state index contributed by atoms with van der Waals surface area (Å²) in [5.41, 5.74) is 0.826. The summed E-state index contributed by atoms with van der Waals surface area (Å²) in [6.07, 6.45) is 5.16. The van der Waals surface area contributed by atoms with Gasteiger partial charge in [0.1, 0.15) is 5.60 Å². The first-order valence-electron chi connectivity index (χ1n) is 10.5. The van der Waals surface area contributed by atoms with Crippen LogP contribution in [-0.4, -0.2) is 11.6 Å². The van der Waals surface area contributed by atoms with Crippen molar-refractivity contribution in [2.45, 2.75) is 44.6 Å². The zero-order valence-corrected chi connectivity index (χ0v) is 16.2. The molecule has 2 bridgehead atoms. The molecule has 2 aliphatic rings. The molecule has 3 atom stereocenters. The van der Waals surface area contributed by atoms with Gasteiger partial charge >= 0.3 is 5.97 Å². The Morgan fingerprint density at radius 1 is 0.964 bits per heavy atom. The summed E-state index contributed by atoms with van der Waals surface area (Å²) in [6.45, 7) is 2.15. The summed E-state index contributed by atoms with van der Waals surface area (Å²) in [6, 6.07) is 19.4. The third kappa shape index (κ3) is 2.30. The van der Waals surface area contributed by atoms with Gasteiger partial charge in [0.25, 0.3) is 0 Å². The van der Waals surface area contributed by atoms with E-state index in [1.54, 1.807) is 0 Å². The van der Waals surface area contributed by atoms with Crippen molar-refractivity contribution in [3.63, 3.8) is 0 Å². The van der Waals surface area contributed by atoms with Crippen molar-refractivity contribution in [1.29, 1.82) is 0 Å².